The van der Waals surface area contributed by atoms with Crippen LogP contribution < -0.4 is 0 Å². The smallest absolute Gasteiger partial charge is 0.0329 e. The molecule has 1 saturated carbocycles. The van der Waals surface area contributed by atoms with Gasteiger partial charge in [-0.2, -0.15) is 0 Å². The molecule has 0 aromatic rings. The zero-order valence-electron chi connectivity index (χ0n) is 11.1. The Kier molecular flexibility index (Phi) is 3.05. The second-order valence-corrected chi connectivity index (χ2v) is 7.52. The van der Waals surface area contributed by atoms with E-state index in [9.17, 15) is 0 Å². The van der Waals surface area contributed by atoms with Gasteiger partial charge in [-0.1, -0.05) is 48.5 Å². The van der Waals surface area contributed by atoms with Crippen molar-refractivity contribution >= 4 is 0 Å². The van der Waals surface area contributed by atoms with Gasteiger partial charge in [0.1, 0.15) is 0 Å². The standard InChI is InChI=1S/C14H28/c1-10-8-11(13(2,3)4)12(9-10)14(5,6)7/h10-12H,8-9H2,1-7H3. The molecule has 0 nitrogen and oxygen atoms in total. The Labute approximate surface area is 90.5 Å². The lowest BCUT2D eigenvalue weighted by Gasteiger charge is -2.39. The van der Waals surface area contributed by atoms with E-state index < -0.39 is 0 Å². The lowest BCUT2D eigenvalue weighted by molar-refractivity contribution is 0.0992. The Balaban J connectivity index is 2.84. The van der Waals surface area contributed by atoms with Crippen molar-refractivity contribution in [3.05, 3.63) is 0 Å². The number of rotatable bonds is 0. The van der Waals surface area contributed by atoms with Gasteiger partial charge in [0.15, 0.2) is 0 Å². The van der Waals surface area contributed by atoms with Crippen molar-refractivity contribution in [3.63, 3.8) is 0 Å². The fourth-order valence-electron chi connectivity index (χ4n) is 3.21. The van der Waals surface area contributed by atoms with Crippen LogP contribution in [0.1, 0.15) is 61.3 Å². The van der Waals surface area contributed by atoms with Gasteiger partial charge in [-0.3, -0.25) is 0 Å². The van der Waals surface area contributed by atoms with Gasteiger partial charge in [0.2, 0.25) is 0 Å². The highest BCUT2D eigenvalue weighted by molar-refractivity contribution is 4.93. The van der Waals surface area contributed by atoms with Crippen LogP contribution in [0.4, 0.5) is 0 Å². The van der Waals surface area contributed by atoms with Crippen molar-refractivity contribution < 1.29 is 0 Å². The third-order valence-electron chi connectivity index (χ3n) is 4.02. The van der Waals surface area contributed by atoms with Crippen molar-refractivity contribution in [1.82, 2.24) is 0 Å². The van der Waals surface area contributed by atoms with Crippen LogP contribution in [0.5, 0.6) is 0 Å². The van der Waals surface area contributed by atoms with Crippen molar-refractivity contribution in [2.24, 2.45) is 28.6 Å². The van der Waals surface area contributed by atoms with Gasteiger partial charge in [-0.15, -0.1) is 0 Å². The lowest BCUT2D eigenvalue weighted by atomic mass is 9.66. The van der Waals surface area contributed by atoms with E-state index in [4.69, 9.17) is 0 Å². The maximum Gasteiger partial charge on any atom is -0.0329 e. The minimum atomic E-state index is 0.489. The van der Waals surface area contributed by atoms with Crippen LogP contribution in [0.2, 0.25) is 0 Å². The van der Waals surface area contributed by atoms with E-state index in [2.05, 4.69) is 48.5 Å². The second kappa shape index (κ2) is 3.54. The number of hydrogen-bond acceptors (Lipinski definition) is 0. The van der Waals surface area contributed by atoms with Crippen LogP contribution in [0.25, 0.3) is 0 Å². The van der Waals surface area contributed by atoms with Gasteiger partial charge in [0.05, 0.1) is 0 Å². The van der Waals surface area contributed by atoms with Gasteiger partial charge in [-0.05, 0) is 41.4 Å². The quantitative estimate of drug-likeness (QED) is 0.525. The highest BCUT2D eigenvalue weighted by Gasteiger charge is 2.43. The lowest BCUT2D eigenvalue weighted by Crippen LogP contribution is -2.32. The van der Waals surface area contributed by atoms with Gasteiger partial charge < -0.3 is 0 Å². The molecule has 0 aromatic carbocycles. The molecule has 0 heteroatoms. The summed E-state index contributed by atoms with van der Waals surface area (Å²) in [5, 5.41) is 0. The molecule has 1 rings (SSSR count). The topological polar surface area (TPSA) is 0 Å². The second-order valence-electron chi connectivity index (χ2n) is 7.52. The first kappa shape index (κ1) is 12.1. The number of hydrogen-bond donors (Lipinski definition) is 0. The monoisotopic (exact) mass is 196 g/mol. The first-order valence-corrected chi connectivity index (χ1v) is 6.12. The van der Waals surface area contributed by atoms with E-state index in [1.807, 2.05) is 0 Å². The van der Waals surface area contributed by atoms with Gasteiger partial charge in [0, 0.05) is 0 Å². The predicted octanol–water partition coefficient (Wildman–Crippen LogP) is 4.74. The van der Waals surface area contributed by atoms with Crippen LogP contribution in [-0.2, 0) is 0 Å². The highest BCUT2D eigenvalue weighted by Crippen LogP contribution is 2.52. The van der Waals surface area contributed by atoms with Crippen molar-refractivity contribution in [2.75, 3.05) is 0 Å². The van der Waals surface area contributed by atoms with E-state index in [-0.39, 0.29) is 0 Å². The molecule has 0 radical (unpaired) electrons. The average molecular weight is 196 g/mol. The fraction of sp³-hybridized carbons (Fsp3) is 1.00. The van der Waals surface area contributed by atoms with E-state index >= 15 is 0 Å². The molecule has 2 atom stereocenters. The molecule has 0 N–H and O–H groups in total. The molecular formula is C14H28. The van der Waals surface area contributed by atoms with Gasteiger partial charge >= 0.3 is 0 Å². The average Bonchev–Trinajstić information content (AvgIpc) is 2.27. The zero-order chi connectivity index (χ0) is 11.1. The van der Waals surface area contributed by atoms with Crippen molar-refractivity contribution in [2.45, 2.75) is 61.3 Å². The fourth-order valence-corrected chi connectivity index (χ4v) is 3.21. The van der Waals surface area contributed by atoms with Crippen molar-refractivity contribution in [3.8, 4) is 0 Å². The minimum absolute atomic E-state index is 0.489. The van der Waals surface area contributed by atoms with Crippen LogP contribution in [-0.4, -0.2) is 0 Å². The minimum Gasteiger partial charge on any atom is -0.0625 e. The van der Waals surface area contributed by atoms with Crippen LogP contribution in [0.15, 0.2) is 0 Å². The molecule has 0 saturated heterocycles. The summed E-state index contributed by atoms with van der Waals surface area (Å²) in [5.41, 5.74) is 0.978. The molecule has 14 heavy (non-hydrogen) atoms. The molecular weight excluding hydrogens is 168 g/mol. The summed E-state index contributed by atoms with van der Waals surface area (Å²) in [6, 6.07) is 0. The summed E-state index contributed by atoms with van der Waals surface area (Å²) in [5.74, 6) is 2.76. The predicted molar refractivity (Wildman–Crippen MR) is 64.3 cm³/mol. The summed E-state index contributed by atoms with van der Waals surface area (Å²) in [4.78, 5) is 0. The largest absolute Gasteiger partial charge is 0.0625 e. The Morgan fingerprint density at radius 3 is 1.21 bits per heavy atom. The van der Waals surface area contributed by atoms with Crippen LogP contribution in [0.3, 0.4) is 0 Å². The zero-order valence-corrected chi connectivity index (χ0v) is 11.1. The summed E-state index contributed by atoms with van der Waals surface area (Å²) >= 11 is 0. The molecule has 0 aliphatic heterocycles. The molecule has 0 heterocycles. The van der Waals surface area contributed by atoms with Gasteiger partial charge in [-0.25, -0.2) is 0 Å². The first-order chi connectivity index (χ1) is 6.12. The molecule has 84 valence electrons. The maximum absolute atomic E-state index is 2.42. The molecule has 0 bridgehead atoms. The third kappa shape index (κ3) is 2.52. The molecule has 1 fully saturated rings. The summed E-state index contributed by atoms with van der Waals surface area (Å²) in [6.45, 7) is 16.9. The highest BCUT2D eigenvalue weighted by atomic mass is 14.5. The molecule has 0 aromatic heterocycles. The Hall–Kier alpha value is 0. The SMILES string of the molecule is CC1CC(C(C)(C)C)C(C(C)(C)C)C1. The van der Waals surface area contributed by atoms with E-state index in [1.165, 1.54) is 12.8 Å². The molecule has 0 spiro atoms. The summed E-state index contributed by atoms with van der Waals surface area (Å²) in [6.07, 6.45) is 2.87. The maximum atomic E-state index is 2.42. The molecule has 1 aliphatic rings. The molecule has 0 amide bonds. The van der Waals surface area contributed by atoms with Crippen molar-refractivity contribution in [1.29, 1.82) is 0 Å². The Morgan fingerprint density at radius 1 is 0.714 bits per heavy atom. The summed E-state index contributed by atoms with van der Waals surface area (Å²) in [7, 11) is 0. The normalized spacial score (nSPS) is 34.9. The molecule has 2 unspecified atom stereocenters. The van der Waals surface area contributed by atoms with E-state index in [0.29, 0.717) is 10.8 Å². The third-order valence-corrected chi connectivity index (χ3v) is 4.02. The molecule has 1 aliphatic carbocycles. The van der Waals surface area contributed by atoms with E-state index in [1.54, 1.807) is 0 Å². The van der Waals surface area contributed by atoms with Gasteiger partial charge in [0.25, 0.3) is 0 Å². The van der Waals surface area contributed by atoms with E-state index in [0.717, 1.165) is 17.8 Å². The first-order valence-electron chi connectivity index (χ1n) is 6.12. The summed E-state index contributed by atoms with van der Waals surface area (Å²) < 4.78 is 0. The van der Waals surface area contributed by atoms with Crippen LogP contribution >= 0.6 is 0 Å². The van der Waals surface area contributed by atoms with Crippen LogP contribution in [0, 0.1) is 28.6 Å². The Bertz CT molecular complexity index is 167. The Morgan fingerprint density at radius 2 is 1.00 bits per heavy atom.